The van der Waals surface area contributed by atoms with E-state index in [0.29, 0.717) is 0 Å². The van der Waals surface area contributed by atoms with Crippen molar-refractivity contribution in [3.63, 3.8) is 0 Å². The molecule has 0 bridgehead atoms. The molecule has 0 aliphatic heterocycles. The molecular formula is C15H18N2. The minimum absolute atomic E-state index is 0.965. The van der Waals surface area contributed by atoms with Gasteiger partial charge in [0.05, 0.1) is 5.52 Å². The Morgan fingerprint density at radius 1 is 0.941 bits per heavy atom. The van der Waals surface area contributed by atoms with E-state index in [0.717, 1.165) is 29.4 Å². The van der Waals surface area contributed by atoms with Gasteiger partial charge in [0.2, 0.25) is 0 Å². The van der Waals surface area contributed by atoms with Gasteiger partial charge in [0.25, 0.3) is 0 Å². The number of pyridine rings is 1. The number of fused-ring (bicyclic) bond motifs is 2. The van der Waals surface area contributed by atoms with Gasteiger partial charge in [-0.3, -0.25) is 4.98 Å². The number of aromatic nitrogens is 1. The van der Waals surface area contributed by atoms with Gasteiger partial charge in [0, 0.05) is 16.8 Å². The largest absolute Gasteiger partial charge is 0.398 e. The Morgan fingerprint density at radius 3 is 2.59 bits per heavy atom. The summed E-state index contributed by atoms with van der Waals surface area (Å²) in [5.41, 5.74) is 10.9. The molecule has 0 amide bonds. The first-order valence-corrected chi connectivity index (χ1v) is 6.52. The van der Waals surface area contributed by atoms with Crippen LogP contribution < -0.4 is 5.73 Å². The Morgan fingerprint density at radius 2 is 1.71 bits per heavy atom. The molecule has 0 saturated carbocycles. The highest BCUT2D eigenvalue weighted by Crippen LogP contribution is 2.29. The topological polar surface area (TPSA) is 38.9 Å². The lowest BCUT2D eigenvalue weighted by Crippen LogP contribution is -2.07. The molecule has 0 fully saturated rings. The van der Waals surface area contributed by atoms with E-state index >= 15 is 0 Å². The zero-order valence-corrected chi connectivity index (χ0v) is 10.1. The molecule has 0 spiro atoms. The van der Waals surface area contributed by atoms with Gasteiger partial charge in [0.15, 0.2) is 0 Å². The number of rotatable bonds is 0. The Bertz CT molecular complexity index is 546. The number of hydrogen-bond donors (Lipinski definition) is 1. The Kier molecular flexibility index (Phi) is 2.71. The Labute approximate surface area is 102 Å². The van der Waals surface area contributed by atoms with E-state index < -0.39 is 0 Å². The molecule has 2 aromatic rings. The molecule has 1 aromatic heterocycles. The monoisotopic (exact) mass is 226 g/mol. The molecule has 3 rings (SSSR count). The third-order valence-corrected chi connectivity index (χ3v) is 3.71. The van der Waals surface area contributed by atoms with Crippen LogP contribution in [0.2, 0.25) is 0 Å². The molecule has 2 heteroatoms. The number of nitrogen functional groups attached to an aromatic ring is 1. The van der Waals surface area contributed by atoms with Crippen LogP contribution in [0.4, 0.5) is 5.69 Å². The van der Waals surface area contributed by atoms with E-state index in [-0.39, 0.29) is 0 Å². The molecule has 0 atom stereocenters. The van der Waals surface area contributed by atoms with E-state index in [2.05, 4.69) is 12.1 Å². The van der Waals surface area contributed by atoms with Crippen molar-refractivity contribution in [3.8, 4) is 0 Å². The minimum atomic E-state index is 0.965. The number of nitrogens with two attached hydrogens (primary N) is 1. The summed E-state index contributed by atoms with van der Waals surface area (Å²) >= 11 is 0. The standard InChI is InChI=1S/C15H18N2/c16-15-11-7-3-1-2-4-9-13(11)17-14-10-6-5-8-12(14)15/h5-6,8,10H,1-4,7,9H2,(H2,16,17). The molecule has 2 nitrogen and oxygen atoms in total. The van der Waals surface area contributed by atoms with Crippen molar-refractivity contribution in [2.24, 2.45) is 0 Å². The van der Waals surface area contributed by atoms with Crippen molar-refractivity contribution >= 4 is 16.6 Å². The van der Waals surface area contributed by atoms with Crippen molar-refractivity contribution in [3.05, 3.63) is 35.5 Å². The van der Waals surface area contributed by atoms with Crippen LogP contribution in [0, 0.1) is 0 Å². The first-order chi connectivity index (χ1) is 8.36. The summed E-state index contributed by atoms with van der Waals surface area (Å²) in [6.07, 6.45) is 7.33. The molecule has 2 N–H and O–H groups in total. The van der Waals surface area contributed by atoms with Gasteiger partial charge >= 0.3 is 0 Å². The molecule has 1 heterocycles. The van der Waals surface area contributed by atoms with Crippen LogP contribution in [-0.4, -0.2) is 4.98 Å². The number of hydrogen-bond acceptors (Lipinski definition) is 2. The fourth-order valence-corrected chi connectivity index (χ4v) is 2.76. The molecule has 1 aliphatic rings. The van der Waals surface area contributed by atoms with Gasteiger partial charge in [-0.15, -0.1) is 0 Å². The Balaban J connectivity index is 2.21. The van der Waals surface area contributed by atoms with E-state index in [1.807, 2.05) is 12.1 Å². The molecule has 0 radical (unpaired) electrons. The lowest BCUT2D eigenvalue weighted by molar-refractivity contribution is 0.611. The highest BCUT2D eigenvalue weighted by molar-refractivity contribution is 5.92. The predicted molar refractivity (Wildman–Crippen MR) is 72.0 cm³/mol. The summed E-state index contributed by atoms with van der Waals surface area (Å²) in [6.45, 7) is 0. The average molecular weight is 226 g/mol. The number of benzene rings is 1. The van der Waals surface area contributed by atoms with Crippen molar-refractivity contribution < 1.29 is 0 Å². The van der Waals surface area contributed by atoms with Crippen molar-refractivity contribution in [1.29, 1.82) is 0 Å². The predicted octanol–water partition coefficient (Wildman–Crippen LogP) is 3.48. The van der Waals surface area contributed by atoms with Crippen LogP contribution in [0.15, 0.2) is 24.3 Å². The van der Waals surface area contributed by atoms with E-state index in [1.165, 1.54) is 36.9 Å². The molecule has 1 aromatic carbocycles. The summed E-state index contributed by atoms with van der Waals surface area (Å²) in [6, 6.07) is 8.21. The number of para-hydroxylation sites is 1. The summed E-state index contributed by atoms with van der Waals surface area (Å²) in [5, 5.41) is 1.12. The maximum absolute atomic E-state index is 6.32. The van der Waals surface area contributed by atoms with E-state index in [4.69, 9.17) is 10.7 Å². The third kappa shape index (κ3) is 1.88. The summed E-state index contributed by atoms with van der Waals surface area (Å²) in [4.78, 5) is 4.80. The molecule has 17 heavy (non-hydrogen) atoms. The van der Waals surface area contributed by atoms with Crippen LogP contribution in [0.5, 0.6) is 0 Å². The smallest absolute Gasteiger partial charge is 0.0726 e. The zero-order chi connectivity index (χ0) is 11.7. The third-order valence-electron chi connectivity index (χ3n) is 3.71. The van der Waals surface area contributed by atoms with Crippen LogP contribution >= 0.6 is 0 Å². The number of aryl methyl sites for hydroxylation is 1. The summed E-state index contributed by atoms with van der Waals surface area (Å²) in [5.74, 6) is 0. The highest BCUT2D eigenvalue weighted by atomic mass is 14.7. The van der Waals surface area contributed by atoms with Gasteiger partial charge in [0.1, 0.15) is 0 Å². The number of nitrogens with zero attached hydrogens (tertiary/aromatic N) is 1. The van der Waals surface area contributed by atoms with Crippen molar-refractivity contribution in [2.75, 3.05) is 5.73 Å². The maximum Gasteiger partial charge on any atom is 0.0726 e. The fraction of sp³-hybridized carbons (Fsp3) is 0.400. The van der Waals surface area contributed by atoms with E-state index in [1.54, 1.807) is 0 Å². The number of anilines is 1. The minimum Gasteiger partial charge on any atom is -0.398 e. The lowest BCUT2D eigenvalue weighted by atomic mass is 9.94. The van der Waals surface area contributed by atoms with Crippen molar-refractivity contribution in [2.45, 2.75) is 38.5 Å². The Hall–Kier alpha value is -1.57. The van der Waals surface area contributed by atoms with Gasteiger partial charge in [-0.2, -0.15) is 0 Å². The first-order valence-electron chi connectivity index (χ1n) is 6.52. The fourth-order valence-electron chi connectivity index (χ4n) is 2.76. The quantitative estimate of drug-likeness (QED) is 0.747. The normalized spacial score (nSPS) is 16.2. The van der Waals surface area contributed by atoms with E-state index in [9.17, 15) is 0 Å². The maximum atomic E-state index is 6.32. The highest BCUT2D eigenvalue weighted by Gasteiger charge is 2.13. The average Bonchev–Trinajstić information content (AvgIpc) is 2.32. The van der Waals surface area contributed by atoms with Gasteiger partial charge in [-0.05, 0) is 37.3 Å². The van der Waals surface area contributed by atoms with Gasteiger partial charge < -0.3 is 5.73 Å². The van der Waals surface area contributed by atoms with Crippen LogP contribution in [-0.2, 0) is 12.8 Å². The second-order valence-corrected chi connectivity index (χ2v) is 4.88. The molecular weight excluding hydrogens is 208 g/mol. The molecule has 0 unspecified atom stereocenters. The first kappa shape index (κ1) is 10.6. The second kappa shape index (κ2) is 4.36. The second-order valence-electron chi connectivity index (χ2n) is 4.88. The molecule has 1 aliphatic carbocycles. The molecule has 88 valence electrons. The summed E-state index contributed by atoms with van der Waals surface area (Å²) < 4.78 is 0. The SMILES string of the molecule is Nc1c2c(nc3ccccc13)CCCCCC2. The van der Waals surface area contributed by atoms with Crippen molar-refractivity contribution in [1.82, 2.24) is 4.98 Å². The van der Waals surface area contributed by atoms with Crippen LogP contribution in [0.1, 0.15) is 36.9 Å². The molecule has 0 saturated heterocycles. The van der Waals surface area contributed by atoms with Crippen LogP contribution in [0.3, 0.4) is 0 Å². The van der Waals surface area contributed by atoms with Crippen LogP contribution in [0.25, 0.3) is 10.9 Å². The van der Waals surface area contributed by atoms with Gasteiger partial charge in [-0.1, -0.05) is 31.0 Å². The summed E-state index contributed by atoms with van der Waals surface area (Å²) in [7, 11) is 0. The van der Waals surface area contributed by atoms with Gasteiger partial charge in [-0.25, -0.2) is 0 Å². The zero-order valence-electron chi connectivity index (χ0n) is 10.1. The lowest BCUT2D eigenvalue weighted by Gasteiger charge is -2.16.